The molecule has 0 unspecified atom stereocenters. The zero-order valence-corrected chi connectivity index (χ0v) is 11.5. The van der Waals surface area contributed by atoms with E-state index in [2.05, 4.69) is 18.0 Å². The summed E-state index contributed by atoms with van der Waals surface area (Å²) in [7, 11) is 0. The standard InChI is InChI=1S/C14H16N2OS/c1-9-3-4-11(5-9)6-13(17)12(7-15)14-16-10(2)8-18-14/h6,8-9,12H,3-5H2,1-2H3/b11-6-/t9-,12+/m0/s1. The van der Waals surface area contributed by atoms with Crippen LogP contribution in [0.4, 0.5) is 0 Å². The molecule has 0 saturated heterocycles. The average molecular weight is 260 g/mol. The van der Waals surface area contributed by atoms with Crippen LogP contribution < -0.4 is 0 Å². The summed E-state index contributed by atoms with van der Waals surface area (Å²) in [6, 6.07) is 2.07. The van der Waals surface area contributed by atoms with Gasteiger partial charge >= 0.3 is 0 Å². The number of allylic oxidation sites excluding steroid dienone is 2. The van der Waals surface area contributed by atoms with Crippen LogP contribution in [0.15, 0.2) is 17.0 Å². The van der Waals surface area contributed by atoms with Crippen LogP contribution in [0.1, 0.15) is 42.8 Å². The van der Waals surface area contributed by atoms with Gasteiger partial charge in [0.25, 0.3) is 0 Å². The highest BCUT2D eigenvalue weighted by molar-refractivity contribution is 7.09. The molecule has 1 aliphatic rings. The predicted molar refractivity (Wildman–Crippen MR) is 71.3 cm³/mol. The van der Waals surface area contributed by atoms with E-state index in [0.717, 1.165) is 25.0 Å². The smallest absolute Gasteiger partial charge is 0.179 e. The first-order valence-electron chi connectivity index (χ1n) is 6.15. The van der Waals surface area contributed by atoms with E-state index in [1.165, 1.54) is 16.9 Å². The maximum Gasteiger partial charge on any atom is 0.179 e. The molecule has 0 bridgehead atoms. The highest BCUT2D eigenvalue weighted by Gasteiger charge is 2.23. The summed E-state index contributed by atoms with van der Waals surface area (Å²) >= 11 is 1.39. The molecule has 1 fully saturated rings. The van der Waals surface area contributed by atoms with Crippen LogP contribution >= 0.6 is 11.3 Å². The van der Waals surface area contributed by atoms with Crippen molar-refractivity contribution >= 4 is 17.1 Å². The first-order chi connectivity index (χ1) is 8.60. The number of carbonyl (C=O) groups is 1. The number of aryl methyl sites for hydroxylation is 1. The van der Waals surface area contributed by atoms with Crippen LogP contribution in [-0.2, 0) is 4.79 Å². The molecule has 2 atom stereocenters. The molecule has 0 spiro atoms. The Bertz CT molecular complexity index is 524. The van der Waals surface area contributed by atoms with Crippen molar-refractivity contribution in [3.05, 3.63) is 27.7 Å². The summed E-state index contributed by atoms with van der Waals surface area (Å²) in [6.07, 6.45) is 4.80. The molecule has 18 heavy (non-hydrogen) atoms. The molecule has 1 heterocycles. The van der Waals surface area contributed by atoms with Crippen molar-refractivity contribution in [3.63, 3.8) is 0 Å². The molecule has 1 aromatic heterocycles. The average Bonchev–Trinajstić information content (AvgIpc) is 2.89. The molecule has 0 aromatic carbocycles. The number of ketones is 1. The normalized spacial score (nSPS) is 22.9. The van der Waals surface area contributed by atoms with Gasteiger partial charge in [-0.2, -0.15) is 5.26 Å². The highest BCUT2D eigenvalue weighted by Crippen LogP contribution is 2.30. The van der Waals surface area contributed by atoms with E-state index in [1.54, 1.807) is 6.08 Å². The minimum Gasteiger partial charge on any atom is -0.293 e. The van der Waals surface area contributed by atoms with Crippen LogP contribution in [0.25, 0.3) is 0 Å². The van der Waals surface area contributed by atoms with Gasteiger partial charge in [0, 0.05) is 11.1 Å². The van der Waals surface area contributed by atoms with Crippen molar-refractivity contribution in [1.82, 2.24) is 4.98 Å². The van der Waals surface area contributed by atoms with E-state index in [1.807, 2.05) is 12.3 Å². The molecule has 0 aliphatic heterocycles. The lowest BCUT2D eigenvalue weighted by Gasteiger charge is -2.02. The number of hydrogen-bond acceptors (Lipinski definition) is 4. The fourth-order valence-corrected chi connectivity index (χ4v) is 3.09. The van der Waals surface area contributed by atoms with Crippen LogP contribution in [0.2, 0.25) is 0 Å². The van der Waals surface area contributed by atoms with Gasteiger partial charge < -0.3 is 0 Å². The molecular formula is C14H16N2OS. The molecule has 0 N–H and O–H groups in total. The minimum atomic E-state index is -0.730. The van der Waals surface area contributed by atoms with Gasteiger partial charge in [-0.25, -0.2) is 4.98 Å². The van der Waals surface area contributed by atoms with Crippen molar-refractivity contribution in [2.75, 3.05) is 0 Å². The first kappa shape index (κ1) is 13.0. The molecular weight excluding hydrogens is 244 g/mol. The lowest BCUT2D eigenvalue weighted by Crippen LogP contribution is -2.08. The fraction of sp³-hybridized carbons (Fsp3) is 0.500. The van der Waals surface area contributed by atoms with Gasteiger partial charge in [-0.1, -0.05) is 12.5 Å². The topological polar surface area (TPSA) is 53.8 Å². The summed E-state index contributed by atoms with van der Waals surface area (Å²) in [4.78, 5) is 16.4. The largest absolute Gasteiger partial charge is 0.293 e. The second-order valence-electron chi connectivity index (χ2n) is 4.94. The van der Waals surface area contributed by atoms with Gasteiger partial charge in [0.2, 0.25) is 0 Å². The van der Waals surface area contributed by atoms with Gasteiger partial charge in [-0.3, -0.25) is 4.79 Å². The molecule has 94 valence electrons. The number of hydrogen-bond donors (Lipinski definition) is 0. The SMILES string of the molecule is Cc1csc([C@H](C#N)C(=O)/C=C2/CC[C@H](C)C2)n1. The van der Waals surface area contributed by atoms with Gasteiger partial charge in [0.1, 0.15) is 5.01 Å². The Labute approximate surface area is 111 Å². The summed E-state index contributed by atoms with van der Waals surface area (Å²) in [6.45, 7) is 4.06. The summed E-state index contributed by atoms with van der Waals surface area (Å²) in [5.41, 5.74) is 2.05. The monoisotopic (exact) mass is 260 g/mol. The Kier molecular flexibility index (Phi) is 3.93. The maximum atomic E-state index is 12.1. The summed E-state index contributed by atoms with van der Waals surface area (Å²) < 4.78 is 0. The van der Waals surface area contributed by atoms with E-state index >= 15 is 0 Å². The Morgan fingerprint density at radius 2 is 2.50 bits per heavy atom. The Morgan fingerprint density at radius 1 is 1.72 bits per heavy atom. The molecule has 4 heteroatoms. The Morgan fingerprint density at radius 3 is 3.00 bits per heavy atom. The van der Waals surface area contributed by atoms with E-state index in [0.29, 0.717) is 10.9 Å². The van der Waals surface area contributed by atoms with Crippen molar-refractivity contribution < 1.29 is 4.79 Å². The number of rotatable bonds is 3. The van der Waals surface area contributed by atoms with Crippen molar-refractivity contribution in [2.24, 2.45) is 5.92 Å². The molecule has 0 amide bonds. The zero-order valence-electron chi connectivity index (χ0n) is 10.6. The highest BCUT2D eigenvalue weighted by atomic mass is 32.1. The molecule has 1 aromatic rings. The van der Waals surface area contributed by atoms with Crippen molar-refractivity contribution in [1.29, 1.82) is 5.26 Å². The van der Waals surface area contributed by atoms with Gasteiger partial charge in [0.05, 0.1) is 6.07 Å². The zero-order chi connectivity index (χ0) is 13.1. The minimum absolute atomic E-state index is 0.115. The third kappa shape index (κ3) is 2.85. The number of thiazole rings is 1. The van der Waals surface area contributed by atoms with Gasteiger partial charge in [-0.15, -0.1) is 11.3 Å². The lowest BCUT2D eigenvalue weighted by molar-refractivity contribution is -0.114. The predicted octanol–water partition coefficient (Wildman–Crippen LogP) is 3.37. The molecule has 1 saturated carbocycles. The fourth-order valence-electron chi connectivity index (χ4n) is 2.24. The van der Waals surface area contributed by atoms with Crippen LogP contribution in [0, 0.1) is 24.2 Å². The van der Waals surface area contributed by atoms with E-state index < -0.39 is 5.92 Å². The third-order valence-corrected chi connectivity index (χ3v) is 4.24. The number of nitriles is 1. The second kappa shape index (κ2) is 5.45. The van der Waals surface area contributed by atoms with Crippen molar-refractivity contribution in [3.8, 4) is 6.07 Å². The Balaban J connectivity index is 2.14. The van der Waals surface area contributed by atoms with E-state index in [4.69, 9.17) is 5.26 Å². The second-order valence-corrected chi connectivity index (χ2v) is 5.83. The van der Waals surface area contributed by atoms with Crippen LogP contribution in [-0.4, -0.2) is 10.8 Å². The quantitative estimate of drug-likeness (QED) is 0.783. The number of carbonyl (C=O) groups excluding carboxylic acids is 1. The van der Waals surface area contributed by atoms with Crippen molar-refractivity contribution in [2.45, 2.75) is 39.0 Å². The molecule has 3 nitrogen and oxygen atoms in total. The number of aromatic nitrogens is 1. The van der Waals surface area contributed by atoms with E-state index in [9.17, 15) is 4.79 Å². The van der Waals surface area contributed by atoms with Crippen LogP contribution in [0.3, 0.4) is 0 Å². The third-order valence-electron chi connectivity index (χ3n) is 3.21. The molecule has 2 rings (SSSR count). The maximum absolute atomic E-state index is 12.1. The Hall–Kier alpha value is -1.47. The van der Waals surface area contributed by atoms with Gasteiger partial charge in [-0.05, 0) is 38.2 Å². The van der Waals surface area contributed by atoms with Crippen LogP contribution in [0.5, 0.6) is 0 Å². The van der Waals surface area contributed by atoms with E-state index in [-0.39, 0.29) is 5.78 Å². The van der Waals surface area contributed by atoms with Gasteiger partial charge in [0.15, 0.2) is 11.7 Å². The first-order valence-corrected chi connectivity index (χ1v) is 7.03. The summed E-state index contributed by atoms with van der Waals surface area (Å²) in [5.74, 6) is -0.185. The lowest BCUT2D eigenvalue weighted by atomic mass is 10.0. The molecule has 1 aliphatic carbocycles. The number of nitrogens with zero attached hydrogens (tertiary/aromatic N) is 2. The molecule has 0 radical (unpaired) electrons. The summed E-state index contributed by atoms with van der Waals surface area (Å²) in [5, 5.41) is 11.6.